The van der Waals surface area contributed by atoms with E-state index in [1.807, 2.05) is 31.2 Å². The first kappa shape index (κ1) is 11.2. The minimum Gasteiger partial charge on any atom is -0.395 e. The third-order valence-electron chi connectivity index (χ3n) is 2.42. The minimum atomic E-state index is -0.208. The van der Waals surface area contributed by atoms with Gasteiger partial charge in [-0.2, -0.15) is 0 Å². The number of hydrogen-bond donors (Lipinski definition) is 1. The number of benzene rings is 1. The van der Waals surface area contributed by atoms with Gasteiger partial charge in [-0.1, -0.05) is 28.9 Å². The molecule has 0 amide bonds. The topological polar surface area (TPSA) is 46.3 Å². The third-order valence-corrected chi connectivity index (χ3v) is 2.66. The summed E-state index contributed by atoms with van der Waals surface area (Å²) in [6.07, 6.45) is 0. The molecule has 1 aromatic heterocycles. The van der Waals surface area contributed by atoms with Crippen LogP contribution in [0.3, 0.4) is 0 Å². The molecule has 0 spiro atoms. The number of halogens is 1. The van der Waals surface area contributed by atoms with Crippen LogP contribution in [0.2, 0.25) is 5.02 Å². The Morgan fingerprint density at radius 1 is 1.44 bits per heavy atom. The van der Waals surface area contributed by atoms with Gasteiger partial charge < -0.3 is 9.63 Å². The van der Waals surface area contributed by atoms with Crippen molar-refractivity contribution in [3.63, 3.8) is 0 Å². The molecule has 0 saturated heterocycles. The quantitative estimate of drug-likeness (QED) is 0.893. The van der Waals surface area contributed by atoms with Crippen LogP contribution in [0.4, 0.5) is 0 Å². The molecule has 0 aliphatic heterocycles. The highest BCUT2D eigenvalue weighted by Crippen LogP contribution is 2.26. The van der Waals surface area contributed by atoms with E-state index in [4.69, 9.17) is 16.1 Å². The molecule has 0 saturated carbocycles. The van der Waals surface area contributed by atoms with Gasteiger partial charge in [-0.25, -0.2) is 0 Å². The highest BCUT2D eigenvalue weighted by Gasteiger charge is 2.17. The van der Waals surface area contributed by atoms with Crippen LogP contribution in [0.15, 0.2) is 34.9 Å². The van der Waals surface area contributed by atoms with E-state index in [1.54, 1.807) is 6.07 Å². The number of hydrogen-bond acceptors (Lipinski definition) is 3. The molecule has 0 aliphatic rings. The zero-order valence-corrected chi connectivity index (χ0v) is 9.61. The Bertz CT molecular complexity index is 481. The SMILES string of the molecule is Cc1cc(C(CO)c2cccc(Cl)c2)on1. The Morgan fingerprint density at radius 2 is 2.25 bits per heavy atom. The fraction of sp³-hybridized carbons (Fsp3) is 0.250. The summed E-state index contributed by atoms with van der Waals surface area (Å²) in [6, 6.07) is 9.20. The molecule has 16 heavy (non-hydrogen) atoms. The normalized spacial score (nSPS) is 12.7. The highest BCUT2D eigenvalue weighted by molar-refractivity contribution is 6.30. The first-order valence-corrected chi connectivity index (χ1v) is 5.38. The van der Waals surface area contributed by atoms with Crippen LogP contribution in [0.5, 0.6) is 0 Å². The van der Waals surface area contributed by atoms with Crippen molar-refractivity contribution in [1.29, 1.82) is 0 Å². The third kappa shape index (κ3) is 2.26. The molecule has 0 aliphatic carbocycles. The van der Waals surface area contributed by atoms with Gasteiger partial charge in [-0.15, -0.1) is 0 Å². The molecule has 0 fully saturated rings. The summed E-state index contributed by atoms with van der Waals surface area (Å²) in [4.78, 5) is 0. The Hall–Kier alpha value is -1.32. The summed E-state index contributed by atoms with van der Waals surface area (Å²) in [5.41, 5.74) is 1.72. The largest absolute Gasteiger partial charge is 0.395 e. The zero-order chi connectivity index (χ0) is 11.5. The van der Waals surface area contributed by atoms with Crippen molar-refractivity contribution in [2.45, 2.75) is 12.8 Å². The molecule has 4 heteroatoms. The maximum atomic E-state index is 9.40. The predicted molar refractivity (Wildman–Crippen MR) is 61.6 cm³/mol. The van der Waals surface area contributed by atoms with Crippen LogP contribution < -0.4 is 0 Å². The molecule has 2 aromatic rings. The van der Waals surface area contributed by atoms with Crippen molar-refractivity contribution >= 4 is 11.6 Å². The van der Waals surface area contributed by atoms with Crippen LogP contribution in [0, 0.1) is 6.92 Å². The van der Waals surface area contributed by atoms with Crippen molar-refractivity contribution in [1.82, 2.24) is 5.16 Å². The number of nitrogens with zero attached hydrogens (tertiary/aromatic N) is 1. The van der Waals surface area contributed by atoms with Gasteiger partial charge in [0.2, 0.25) is 0 Å². The van der Waals surface area contributed by atoms with Gasteiger partial charge in [0.05, 0.1) is 18.2 Å². The molecular weight excluding hydrogens is 226 g/mol. The maximum Gasteiger partial charge on any atom is 0.146 e. The van der Waals surface area contributed by atoms with Gasteiger partial charge in [0, 0.05) is 11.1 Å². The lowest BCUT2D eigenvalue weighted by molar-refractivity contribution is 0.255. The van der Waals surface area contributed by atoms with Crippen LogP contribution in [-0.2, 0) is 0 Å². The minimum absolute atomic E-state index is 0.0328. The van der Waals surface area contributed by atoms with Gasteiger partial charge >= 0.3 is 0 Å². The molecule has 1 aromatic carbocycles. The van der Waals surface area contributed by atoms with E-state index in [9.17, 15) is 5.11 Å². The standard InChI is InChI=1S/C12H12ClNO2/c1-8-5-12(16-14-8)11(7-15)9-3-2-4-10(13)6-9/h2-6,11,15H,7H2,1H3. The fourth-order valence-corrected chi connectivity index (χ4v) is 1.83. The second-order valence-corrected chi connectivity index (χ2v) is 4.10. The number of aromatic nitrogens is 1. The lowest BCUT2D eigenvalue weighted by Crippen LogP contribution is -2.04. The van der Waals surface area contributed by atoms with E-state index in [0.717, 1.165) is 11.3 Å². The molecular formula is C12H12ClNO2. The molecule has 1 unspecified atom stereocenters. The Balaban J connectivity index is 2.36. The second-order valence-electron chi connectivity index (χ2n) is 3.66. The summed E-state index contributed by atoms with van der Waals surface area (Å²) in [7, 11) is 0. The predicted octanol–water partition coefficient (Wildman–Crippen LogP) is 2.76. The van der Waals surface area contributed by atoms with Crippen LogP contribution in [-0.4, -0.2) is 16.9 Å². The Labute approximate surface area is 98.6 Å². The van der Waals surface area contributed by atoms with Crippen molar-refractivity contribution in [3.05, 3.63) is 52.4 Å². The number of aryl methyl sites for hydroxylation is 1. The molecule has 0 radical (unpaired) electrons. The van der Waals surface area contributed by atoms with Gasteiger partial charge in [-0.3, -0.25) is 0 Å². The Kier molecular flexibility index (Phi) is 3.27. The number of aliphatic hydroxyl groups is 1. The van der Waals surface area contributed by atoms with Crippen LogP contribution in [0.1, 0.15) is 22.9 Å². The molecule has 0 bridgehead atoms. The number of aliphatic hydroxyl groups excluding tert-OH is 1. The zero-order valence-electron chi connectivity index (χ0n) is 8.85. The average Bonchev–Trinajstić information content (AvgIpc) is 2.66. The second kappa shape index (κ2) is 4.68. The van der Waals surface area contributed by atoms with Crippen molar-refractivity contribution in [3.8, 4) is 0 Å². The molecule has 2 rings (SSSR count). The van der Waals surface area contributed by atoms with Gasteiger partial charge in [0.15, 0.2) is 0 Å². The summed E-state index contributed by atoms with van der Waals surface area (Å²) >= 11 is 5.91. The fourth-order valence-electron chi connectivity index (χ4n) is 1.63. The Morgan fingerprint density at radius 3 is 2.81 bits per heavy atom. The summed E-state index contributed by atoms with van der Waals surface area (Å²) < 4.78 is 5.16. The smallest absolute Gasteiger partial charge is 0.146 e. The monoisotopic (exact) mass is 237 g/mol. The van der Waals surface area contributed by atoms with Crippen LogP contribution >= 0.6 is 11.6 Å². The van der Waals surface area contributed by atoms with E-state index in [-0.39, 0.29) is 12.5 Å². The maximum absolute atomic E-state index is 9.40. The summed E-state index contributed by atoms with van der Waals surface area (Å²) in [6.45, 7) is 1.81. The summed E-state index contributed by atoms with van der Waals surface area (Å²) in [5, 5.41) is 13.9. The van der Waals surface area contributed by atoms with E-state index >= 15 is 0 Å². The van der Waals surface area contributed by atoms with E-state index < -0.39 is 0 Å². The molecule has 1 atom stereocenters. The lowest BCUT2D eigenvalue weighted by Gasteiger charge is -2.10. The van der Waals surface area contributed by atoms with Crippen molar-refractivity contribution in [2.24, 2.45) is 0 Å². The van der Waals surface area contributed by atoms with Crippen molar-refractivity contribution in [2.75, 3.05) is 6.61 Å². The molecule has 1 heterocycles. The van der Waals surface area contributed by atoms with Gasteiger partial charge in [0.25, 0.3) is 0 Å². The van der Waals surface area contributed by atoms with E-state index in [1.165, 1.54) is 0 Å². The summed E-state index contributed by atoms with van der Waals surface area (Å²) in [5.74, 6) is 0.446. The molecule has 1 N–H and O–H groups in total. The van der Waals surface area contributed by atoms with E-state index in [0.29, 0.717) is 10.8 Å². The van der Waals surface area contributed by atoms with Gasteiger partial charge in [-0.05, 0) is 24.6 Å². The number of rotatable bonds is 3. The van der Waals surface area contributed by atoms with Crippen molar-refractivity contribution < 1.29 is 9.63 Å². The van der Waals surface area contributed by atoms with Crippen LogP contribution in [0.25, 0.3) is 0 Å². The molecule has 3 nitrogen and oxygen atoms in total. The first-order chi connectivity index (χ1) is 7.70. The first-order valence-electron chi connectivity index (χ1n) is 5.00. The average molecular weight is 238 g/mol. The highest BCUT2D eigenvalue weighted by atomic mass is 35.5. The van der Waals surface area contributed by atoms with Gasteiger partial charge in [0.1, 0.15) is 5.76 Å². The molecule has 84 valence electrons. The van der Waals surface area contributed by atoms with E-state index in [2.05, 4.69) is 5.16 Å². The lowest BCUT2D eigenvalue weighted by atomic mass is 9.97.